The van der Waals surface area contributed by atoms with Crippen LogP contribution < -0.4 is 10.1 Å². The maximum atomic E-state index is 10.8. The first kappa shape index (κ1) is 12.0. The molecule has 0 aromatic heterocycles. The quantitative estimate of drug-likeness (QED) is 0.708. The number of para-hydroxylation sites is 1. The number of nitrogens with zero attached hydrogens (tertiary/aromatic N) is 1. The summed E-state index contributed by atoms with van der Waals surface area (Å²) < 4.78 is 5.53. The van der Waals surface area contributed by atoms with Gasteiger partial charge in [0.25, 0.3) is 0 Å². The van der Waals surface area contributed by atoms with Gasteiger partial charge in [0, 0.05) is 19.6 Å². The van der Waals surface area contributed by atoms with Crippen molar-refractivity contribution in [3.63, 3.8) is 0 Å². The van der Waals surface area contributed by atoms with Gasteiger partial charge in [0.2, 0.25) is 0 Å². The summed E-state index contributed by atoms with van der Waals surface area (Å²) in [6, 6.07) is 7.11. The van der Waals surface area contributed by atoms with E-state index < -0.39 is 6.35 Å². The molecule has 2 rings (SSSR count). The standard InChI is InChI=1S/C12H16N2O3/c15-9-10-3-1-2-4-11(10)17-8-7-14-6-5-13-12(14)16/h1-4,9,12-13,16H,5-8H2. The van der Waals surface area contributed by atoms with Gasteiger partial charge in [-0.1, -0.05) is 12.1 Å². The molecule has 1 aromatic carbocycles. The van der Waals surface area contributed by atoms with Gasteiger partial charge in [-0.3, -0.25) is 15.0 Å². The number of ether oxygens (including phenoxy) is 1. The van der Waals surface area contributed by atoms with Crippen LogP contribution in [-0.4, -0.2) is 48.9 Å². The predicted molar refractivity (Wildman–Crippen MR) is 62.9 cm³/mol. The minimum Gasteiger partial charge on any atom is -0.492 e. The number of hydrogen-bond acceptors (Lipinski definition) is 5. The van der Waals surface area contributed by atoms with Crippen LogP contribution in [0.4, 0.5) is 0 Å². The molecule has 1 aromatic rings. The van der Waals surface area contributed by atoms with Crippen molar-refractivity contribution in [3.05, 3.63) is 29.8 Å². The lowest BCUT2D eigenvalue weighted by Gasteiger charge is -2.19. The van der Waals surface area contributed by atoms with Crippen molar-refractivity contribution in [2.45, 2.75) is 6.35 Å². The second-order valence-electron chi connectivity index (χ2n) is 3.87. The fraction of sp³-hybridized carbons (Fsp3) is 0.417. The molecule has 17 heavy (non-hydrogen) atoms. The molecule has 5 heteroatoms. The number of aldehydes is 1. The van der Waals surface area contributed by atoms with Crippen molar-refractivity contribution >= 4 is 6.29 Å². The molecular formula is C12H16N2O3. The summed E-state index contributed by atoms with van der Waals surface area (Å²) in [5.41, 5.74) is 0.549. The van der Waals surface area contributed by atoms with Gasteiger partial charge in [-0.25, -0.2) is 0 Å². The average molecular weight is 236 g/mol. The van der Waals surface area contributed by atoms with E-state index in [1.165, 1.54) is 0 Å². The first-order valence-corrected chi connectivity index (χ1v) is 5.64. The van der Waals surface area contributed by atoms with Crippen LogP contribution in [0.3, 0.4) is 0 Å². The number of rotatable bonds is 5. The Bertz CT molecular complexity index is 384. The molecule has 1 unspecified atom stereocenters. The number of hydrogen-bond donors (Lipinski definition) is 2. The fourth-order valence-electron chi connectivity index (χ4n) is 1.80. The molecule has 0 amide bonds. The van der Waals surface area contributed by atoms with Gasteiger partial charge in [-0.05, 0) is 12.1 Å². The van der Waals surface area contributed by atoms with Crippen molar-refractivity contribution in [2.75, 3.05) is 26.2 Å². The maximum absolute atomic E-state index is 10.8. The van der Waals surface area contributed by atoms with E-state index in [1.807, 2.05) is 11.0 Å². The third-order valence-electron chi connectivity index (χ3n) is 2.75. The van der Waals surface area contributed by atoms with Crippen LogP contribution in [0.1, 0.15) is 10.4 Å². The molecule has 2 N–H and O–H groups in total. The highest BCUT2D eigenvalue weighted by atomic mass is 16.5. The highest BCUT2D eigenvalue weighted by molar-refractivity contribution is 5.79. The van der Waals surface area contributed by atoms with Crippen LogP contribution in [-0.2, 0) is 0 Å². The molecule has 0 bridgehead atoms. The first-order chi connectivity index (χ1) is 8.31. The SMILES string of the molecule is O=Cc1ccccc1OCCN1CCNC1O. The number of nitrogens with one attached hydrogen (secondary N) is 1. The summed E-state index contributed by atoms with van der Waals surface area (Å²) in [6.07, 6.45) is 0.196. The van der Waals surface area contributed by atoms with Gasteiger partial charge in [0.05, 0.1) is 5.56 Å². The molecule has 1 aliphatic heterocycles. The van der Waals surface area contributed by atoms with Crippen LogP contribution in [0.15, 0.2) is 24.3 Å². The van der Waals surface area contributed by atoms with Gasteiger partial charge in [0.15, 0.2) is 12.6 Å². The minimum absolute atomic E-state index is 0.448. The zero-order chi connectivity index (χ0) is 12.1. The van der Waals surface area contributed by atoms with Crippen molar-refractivity contribution in [1.82, 2.24) is 10.2 Å². The Hall–Kier alpha value is -1.43. The average Bonchev–Trinajstić information content (AvgIpc) is 2.76. The van der Waals surface area contributed by atoms with E-state index in [0.717, 1.165) is 19.4 Å². The fourth-order valence-corrected chi connectivity index (χ4v) is 1.80. The van der Waals surface area contributed by atoms with Crippen molar-refractivity contribution < 1.29 is 14.6 Å². The topological polar surface area (TPSA) is 61.8 Å². The zero-order valence-corrected chi connectivity index (χ0v) is 9.50. The maximum Gasteiger partial charge on any atom is 0.163 e. The molecule has 1 aliphatic rings. The zero-order valence-electron chi connectivity index (χ0n) is 9.50. The lowest BCUT2D eigenvalue weighted by Crippen LogP contribution is -2.37. The van der Waals surface area contributed by atoms with E-state index in [0.29, 0.717) is 24.5 Å². The third-order valence-corrected chi connectivity index (χ3v) is 2.75. The van der Waals surface area contributed by atoms with E-state index in [4.69, 9.17) is 4.74 Å². The van der Waals surface area contributed by atoms with E-state index in [-0.39, 0.29) is 0 Å². The lowest BCUT2D eigenvalue weighted by molar-refractivity contribution is 0.0150. The Balaban J connectivity index is 1.83. The van der Waals surface area contributed by atoms with Crippen molar-refractivity contribution in [1.29, 1.82) is 0 Å². The summed E-state index contributed by atoms with van der Waals surface area (Å²) in [4.78, 5) is 12.6. The van der Waals surface area contributed by atoms with E-state index in [2.05, 4.69) is 5.32 Å². The van der Waals surface area contributed by atoms with E-state index in [1.54, 1.807) is 18.2 Å². The van der Waals surface area contributed by atoms with Crippen LogP contribution in [0.5, 0.6) is 5.75 Å². The van der Waals surface area contributed by atoms with Gasteiger partial charge in [-0.2, -0.15) is 0 Å². The van der Waals surface area contributed by atoms with Crippen molar-refractivity contribution in [3.8, 4) is 5.75 Å². The number of benzene rings is 1. The molecule has 0 spiro atoms. The lowest BCUT2D eigenvalue weighted by atomic mass is 10.2. The normalized spacial score (nSPS) is 20.4. The number of carbonyl (C=O) groups is 1. The Morgan fingerprint density at radius 3 is 3.06 bits per heavy atom. The van der Waals surface area contributed by atoms with Gasteiger partial charge in [0.1, 0.15) is 12.4 Å². The summed E-state index contributed by atoms with van der Waals surface area (Å²) in [5.74, 6) is 0.587. The Kier molecular flexibility index (Phi) is 4.08. The number of aliphatic hydroxyl groups excluding tert-OH is 1. The van der Waals surface area contributed by atoms with Gasteiger partial charge in [-0.15, -0.1) is 0 Å². The predicted octanol–water partition coefficient (Wildman–Crippen LogP) is 0.0590. The Morgan fingerprint density at radius 2 is 2.35 bits per heavy atom. The summed E-state index contributed by atoms with van der Waals surface area (Å²) >= 11 is 0. The summed E-state index contributed by atoms with van der Waals surface area (Å²) in [5, 5.41) is 12.4. The smallest absolute Gasteiger partial charge is 0.163 e. The Morgan fingerprint density at radius 1 is 1.53 bits per heavy atom. The minimum atomic E-state index is -0.583. The van der Waals surface area contributed by atoms with Crippen molar-refractivity contribution in [2.24, 2.45) is 0 Å². The van der Waals surface area contributed by atoms with Gasteiger partial charge < -0.3 is 9.84 Å². The second-order valence-corrected chi connectivity index (χ2v) is 3.87. The molecule has 5 nitrogen and oxygen atoms in total. The molecule has 1 saturated heterocycles. The third kappa shape index (κ3) is 3.03. The molecule has 0 aliphatic carbocycles. The molecule has 0 saturated carbocycles. The molecule has 1 fully saturated rings. The molecule has 92 valence electrons. The summed E-state index contributed by atoms with van der Waals surface area (Å²) in [6.45, 7) is 2.66. The highest BCUT2D eigenvalue weighted by Gasteiger charge is 2.20. The van der Waals surface area contributed by atoms with Crippen LogP contribution in [0, 0.1) is 0 Å². The van der Waals surface area contributed by atoms with Crippen LogP contribution in [0.2, 0.25) is 0 Å². The second kappa shape index (κ2) is 5.77. The first-order valence-electron chi connectivity index (χ1n) is 5.64. The Labute approximate surface area is 100.0 Å². The molecule has 1 heterocycles. The number of carbonyl (C=O) groups excluding carboxylic acids is 1. The highest BCUT2D eigenvalue weighted by Crippen LogP contribution is 2.15. The monoisotopic (exact) mass is 236 g/mol. The summed E-state index contributed by atoms with van der Waals surface area (Å²) in [7, 11) is 0. The molecule has 0 radical (unpaired) electrons. The van der Waals surface area contributed by atoms with Crippen LogP contribution >= 0.6 is 0 Å². The van der Waals surface area contributed by atoms with E-state index >= 15 is 0 Å². The largest absolute Gasteiger partial charge is 0.492 e. The molecule has 1 atom stereocenters. The molecular weight excluding hydrogens is 220 g/mol. The van der Waals surface area contributed by atoms with E-state index in [9.17, 15) is 9.90 Å². The van der Waals surface area contributed by atoms with Crippen LogP contribution in [0.25, 0.3) is 0 Å². The van der Waals surface area contributed by atoms with Gasteiger partial charge >= 0.3 is 0 Å². The number of aliphatic hydroxyl groups is 1.